The number of benzene rings is 10. The molecular formula is C60H44SSi2. The predicted octanol–water partition coefficient (Wildman–Crippen LogP) is 10.1. The molecule has 0 aliphatic heterocycles. The van der Waals surface area contributed by atoms with E-state index in [0.29, 0.717) is 0 Å². The SMILES string of the molecule is c1ccc([Si](c2ccccc2)(c2ccccc2)c2cccc(-c3ccc4sc5ccc(-c6cccc([Si](c7ccccc7)(c7ccccc7)c7ccccc7)c6)cc5c4c3)c2)cc1. The third-order valence-corrected chi connectivity index (χ3v) is 23.7. The summed E-state index contributed by atoms with van der Waals surface area (Å²) >= 11 is 1.88. The zero-order valence-electron chi connectivity index (χ0n) is 34.8. The molecule has 0 amide bonds. The van der Waals surface area contributed by atoms with Gasteiger partial charge in [-0.15, -0.1) is 11.3 Å². The maximum Gasteiger partial charge on any atom is 0.179 e. The molecule has 11 rings (SSSR count). The Morgan fingerprint density at radius 1 is 0.206 bits per heavy atom. The van der Waals surface area contributed by atoms with Crippen LogP contribution in [0.2, 0.25) is 0 Å². The average molecular weight is 853 g/mol. The molecule has 0 bridgehead atoms. The van der Waals surface area contributed by atoms with Crippen molar-refractivity contribution in [2.75, 3.05) is 0 Å². The monoisotopic (exact) mass is 852 g/mol. The first kappa shape index (κ1) is 38.8. The van der Waals surface area contributed by atoms with E-state index in [1.807, 2.05) is 11.3 Å². The van der Waals surface area contributed by atoms with E-state index < -0.39 is 16.1 Å². The van der Waals surface area contributed by atoms with Gasteiger partial charge in [-0.05, 0) is 88.0 Å². The first-order chi connectivity index (χ1) is 31.2. The Hall–Kier alpha value is -7.15. The van der Waals surface area contributed by atoms with E-state index in [0.717, 1.165) is 0 Å². The lowest BCUT2D eigenvalue weighted by Gasteiger charge is -2.34. The molecule has 0 aliphatic carbocycles. The zero-order valence-corrected chi connectivity index (χ0v) is 37.6. The van der Waals surface area contributed by atoms with Gasteiger partial charge in [0, 0.05) is 20.2 Å². The molecule has 10 aromatic carbocycles. The van der Waals surface area contributed by atoms with E-state index in [2.05, 4.69) is 267 Å². The lowest BCUT2D eigenvalue weighted by Crippen LogP contribution is -2.74. The number of rotatable bonds is 10. The van der Waals surface area contributed by atoms with Crippen LogP contribution in [0.5, 0.6) is 0 Å². The summed E-state index contributed by atoms with van der Waals surface area (Å²) in [5, 5.41) is 13.6. The Kier molecular flexibility index (Phi) is 10.2. The van der Waals surface area contributed by atoms with Gasteiger partial charge >= 0.3 is 0 Å². The van der Waals surface area contributed by atoms with Crippen LogP contribution in [0.1, 0.15) is 0 Å². The van der Waals surface area contributed by atoms with Crippen LogP contribution >= 0.6 is 11.3 Å². The third kappa shape index (κ3) is 6.73. The van der Waals surface area contributed by atoms with Crippen LogP contribution in [0.3, 0.4) is 0 Å². The summed E-state index contributed by atoms with van der Waals surface area (Å²) in [5.74, 6) is 0. The quantitative estimate of drug-likeness (QED) is 0.0950. The van der Waals surface area contributed by atoms with Crippen molar-refractivity contribution in [3.8, 4) is 22.3 Å². The van der Waals surface area contributed by atoms with Crippen LogP contribution in [0.25, 0.3) is 42.4 Å². The fourth-order valence-electron chi connectivity index (χ4n) is 10.1. The fourth-order valence-corrected chi connectivity index (χ4v) is 20.8. The van der Waals surface area contributed by atoms with Crippen molar-refractivity contribution in [1.29, 1.82) is 0 Å². The maximum absolute atomic E-state index is 2.67. The second-order valence-corrected chi connectivity index (χ2v) is 25.1. The molecule has 0 radical (unpaired) electrons. The van der Waals surface area contributed by atoms with Gasteiger partial charge < -0.3 is 0 Å². The van der Waals surface area contributed by atoms with Gasteiger partial charge in [0.25, 0.3) is 0 Å². The van der Waals surface area contributed by atoms with Gasteiger partial charge in [0.2, 0.25) is 0 Å². The van der Waals surface area contributed by atoms with Crippen LogP contribution in [-0.4, -0.2) is 16.1 Å². The van der Waals surface area contributed by atoms with Crippen LogP contribution in [0.4, 0.5) is 0 Å². The van der Waals surface area contributed by atoms with E-state index in [4.69, 9.17) is 0 Å². The lowest BCUT2D eigenvalue weighted by atomic mass is 10.0. The van der Waals surface area contributed by atoms with Crippen molar-refractivity contribution in [3.63, 3.8) is 0 Å². The van der Waals surface area contributed by atoms with Gasteiger partial charge in [0.15, 0.2) is 16.1 Å². The molecule has 1 aromatic heterocycles. The molecule has 0 N–H and O–H groups in total. The number of thiophene rings is 1. The van der Waals surface area contributed by atoms with Gasteiger partial charge in [-0.2, -0.15) is 0 Å². The molecular weight excluding hydrogens is 809 g/mol. The molecule has 63 heavy (non-hydrogen) atoms. The number of hydrogen-bond acceptors (Lipinski definition) is 1. The van der Waals surface area contributed by atoms with E-state index in [-0.39, 0.29) is 0 Å². The highest BCUT2D eigenvalue weighted by molar-refractivity contribution is 7.26. The summed E-state index contributed by atoms with van der Waals surface area (Å²) < 4.78 is 2.61. The molecule has 0 saturated carbocycles. The number of hydrogen-bond donors (Lipinski definition) is 0. The summed E-state index contributed by atoms with van der Waals surface area (Å²) in [5.41, 5.74) is 4.94. The molecule has 0 atom stereocenters. The van der Waals surface area contributed by atoms with Crippen LogP contribution in [0, 0.1) is 0 Å². The summed E-state index contributed by atoms with van der Waals surface area (Å²) in [6.07, 6.45) is 0. The zero-order chi connectivity index (χ0) is 42.1. The minimum atomic E-state index is -2.67. The van der Waals surface area contributed by atoms with Crippen molar-refractivity contribution in [3.05, 3.63) is 267 Å². The lowest BCUT2D eigenvalue weighted by molar-refractivity contribution is 1.64. The molecule has 298 valence electrons. The maximum atomic E-state index is 2.48. The van der Waals surface area contributed by atoms with Crippen LogP contribution < -0.4 is 41.5 Å². The van der Waals surface area contributed by atoms with Gasteiger partial charge in [0.1, 0.15) is 0 Å². The second kappa shape index (κ2) is 16.6. The van der Waals surface area contributed by atoms with E-state index in [9.17, 15) is 0 Å². The first-order valence-electron chi connectivity index (χ1n) is 21.7. The molecule has 0 nitrogen and oxygen atoms in total. The van der Waals surface area contributed by atoms with E-state index in [1.54, 1.807) is 0 Å². The highest BCUT2D eigenvalue weighted by Gasteiger charge is 2.42. The van der Waals surface area contributed by atoms with Crippen molar-refractivity contribution >= 4 is 89.2 Å². The molecule has 0 saturated heterocycles. The molecule has 0 fully saturated rings. The Labute approximate surface area is 376 Å². The second-order valence-electron chi connectivity index (χ2n) is 16.4. The van der Waals surface area contributed by atoms with Gasteiger partial charge in [0.05, 0.1) is 0 Å². The van der Waals surface area contributed by atoms with Crippen molar-refractivity contribution in [2.24, 2.45) is 0 Å². The fraction of sp³-hybridized carbons (Fsp3) is 0. The Morgan fingerprint density at radius 3 is 0.746 bits per heavy atom. The topological polar surface area (TPSA) is 0 Å². The number of fused-ring (bicyclic) bond motifs is 3. The van der Waals surface area contributed by atoms with Crippen molar-refractivity contribution < 1.29 is 0 Å². The van der Waals surface area contributed by atoms with Crippen LogP contribution in [-0.2, 0) is 0 Å². The minimum absolute atomic E-state index is 1.23. The normalized spacial score (nSPS) is 11.8. The van der Waals surface area contributed by atoms with Crippen molar-refractivity contribution in [1.82, 2.24) is 0 Å². The minimum Gasteiger partial charge on any atom is -0.135 e. The predicted molar refractivity (Wildman–Crippen MR) is 277 cm³/mol. The Bertz CT molecular complexity index is 2890. The summed E-state index contributed by atoms with van der Waals surface area (Å²) in [6, 6.07) is 100. The Morgan fingerprint density at radius 2 is 0.460 bits per heavy atom. The highest BCUT2D eigenvalue weighted by atomic mass is 32.1. The highest BCUT2D eigenvalue weighted by Crippen LogP contribution is 2.38. The summed E-state index contributed by atoms with van der Waals surface area (Å²) in [4.78, 5) is 0. The van der Waals surface area contributed by atoms with E-state index in [1.165, 1.54) is 83.9 Å². The van der Waals surface area contributed by atoms with Gasteiger partial charge in [-0.3, -0.25) is 0 Å². The smallest absolute Gasteiger partial charge is 0.135 e. The summed E-state index contributed by atoms with van der Waals surface area (Å²) in [6.45, 7) is 0. The molecule has 3 heteroatoms. The van der Waals surface area contributed by atoms with Gasteiger partial charge in [-0.1, -0.05) is 243 Å². The standard InChI is InChI=1S/C60H44SSi2/c1-7-23-49(24-8-1)62(50-25-9-2-10-26-50,51-27-11-3-12-28-51)55-35-19-21-45(41-55)47-37-39-59-57(43-47)58-44-48(38-40-60(58)61-59)46-22-20-36-56(42-46)63(52-29-13-4-14-30-52,53-31-15-5-16-32-53)54-33-17-6-18-34-54/h1-44H. The van der Waals surface area contributed by atoms with Gasteiger partial charge in [-0.25, -0.2) is 0 Å². The molecule has 1 heterocycles. The van der Waals surface area contributed by atoms with Crippen molar-refractivity contribution in [2.45, 2.75) is 0 Å². The molecule has 0 unspecified atom stereocenters. The average Bonchev–Trinajstić information content (AvgIpc) is 3.74. The van der Waals surface area contributed by atoms with E-state index >= 15 is 0 Å². The molecule has 0 spiro atoms. The van der Waals surface area contributed by atoms with Crippen LogP contribution in [0.15, 0.2) is 267 Å². The largest absolute Gasteiger partial charge is 0.179 e. The Balaban J connectivity index is 1.05. The third-order valence-electron chi connectivity index (χ3n) is 13.0. The summed E-state index contributed by atoms with van der Waals surface area (Å²) in [7, 11) is -5.34. The molecule has 11 aromatic rings. The first-order valence-corrected chi connectivity index (χ1v) is 26.6. The molecule has 0 aliphatic rings.